The molecule has 1 aromatic heterocycles. The Morgan fingerprint density at radius 3 is 2.66 bits per heavy atom. The van der Waals surface area contributed by atoms with E-state index in [-0.39, 0.29) is 30.6 Å². The number of nitrogens with two attached hydrogens (primary N) is 1. The van der Waals surface area contributed by atoms with Crippen LogP contribution in [0.1, 0.15) is 30.1 Å². The number of carbonyl (C=O) groups is 2. The number of hydrogen-bond donors (Lipinski definition) is 3. The highest BCUT2D eigenvalue weighted by Crippen LogP contribution is 2.30. The largest absolute Gasteiger partial charge is 0.482 e. The fourth-order valence-electron chi connectivity index (χ4n) is 3.95. The first-order valence-corrected chi connectivity index (χ1v) is 10.7. The van der Waals surface area contributed by atoms with E-state index in [1.165, 1.54) is 19.2 Å². The van der Waals surface area contributed by atoms with Gasteiger partial charge in [0.25, 0.3) is 0 Å². The number of piperidine rings is 1. The Balaban J connectivity index is 1.54. The van der Waals surface area contributed by atoms with Crippen LogP contribution in [0, 0.1) is 17.7 Å². The Labute approximate surface area is 185 Å². The van der Waals surface area contributed by atoms with Crippen molar-refractivity contribution < 1.29 is 33.3 Å². The number of nitrogens with zero attached hydrogens (tertiary/aromatic N) is 1. The van der Waals surface area contributed by atoms with Gasteiger partial charge >= 0.3 is 11.9 Å². The molecule has 10 heteroatoms. The molecule has 9 nitrogen and oxygen atoms in total. The summed E-state index contributed by atoms with van der Waals surface area (Å²) >= 11 is 0. The molecule has 32 heavy (non-hydrogen) atoms. The molecular formula is C22H30FN3O6. The highest BCUT2D eigenvalue weighted by atomic mass is 19.1. The Kier molecular flexibility index (Phi) is 8.05. The average Bonchev–Trinajstić information content (AvgIpc) is 3.14. The minimum absolute atomic E-state index is 0.145. The molecule has 1 fully saturated rings. The van der Waals surface area contributed by atoms with Crippen LogP contribution in [0.3, 0.4) is 0 Å². The number of aliphatic hydroxyl groups is 1. The van der Waals surface area contributed by atoms with E-state index in [4.69, 9.17) is 19.9 Å². The van der Waals surface area contributed by atoms with Crippen molar-refractivity contribution in [3.63, 3.8) is 0 Å². The van der Waals surface area contributed by atoms with Gasteiger partial charge in [0.15, 0.2) is 0 Å². The second kappa shape index (κ2) is 10.8. The highest BCUT2D eigenvalue weighted by molar-refractivity contribution is 6.06. The Morgan fingerprint density at radius 2 is 2.03 bits per heavy atom. The van der Waals surface area contributed by atoms with Crippen molar-refractivity contribution in [1.82, 2.24) is 9.88 Å². The van der Waals surface area contributed by atoms with E-state index in [1.54, 1.807) is 13.0 Å². The lowest BCUT2D eigenvalue weighted by molar-refractivity contribution is -0.153. The monoisotopic (exact) mass is 451 g/mol. The first-order valence-electron chi connectivity index (χ1n) is 10.7. The number of aliphatic hydroxyl groups excluding tert-OH is 1. The third-order valence-electron chi connectivity index (χ3n) is 5.75. The molecule has 0 saturated carbocycles. The molecule has 4 N–H and O–H groups in total. The van der Waals surface area contributed by atoms with Crippen molar-refractivity contribution >= 4 is 22.8 Å². The SMILES string of the molecule is CCOC(=O)C(CN1CCC(COC(=O)c2c(OC)[nH]c3ccc(F)cc23)CC1)C(N)O. The Hall–Kier alpha value is -2.69. The minimum atomic E-state index is -1.29. The number of H-pyrrole nitrogens is 1. The lowest BCUT2D eigenvalue weighted by Gasteiger charge is -2.34. The average molecular weight is 451 g/mol. The predicted molar refractivity (Wildman–Crippen MR) is 115 cm³/mol. The smallest absolute Gasteiger partial charge is 0.344 e. The molecular weight excluding hydrogens is 421 g/mol. The number of likely N-dealkylation sites (tertiary alicyclic amines) is 1. The van der Waals surface area contributed by atoms with Crippen LogP contribution in [0.25, 0.3) is 10.9 Å². The molecule has 1 aromatic carbocycles. The summed E-state index contributed by atoms with van der Waals surface area (Å²) in [4.78, 5) is 29.7. The fourth-order valence-corrected chi connectivity index (χ4v) is 3.95. The third kappa shape index (κ3) is 5.56. The van der Waals surface area contributed by atoms with Crippen molar-refractivity contribution in [3.8, 4) is 5.88 Å². The van der Waals surface area contributed by atoms with Crippen LogP contribution < -0.4 is 10.5 Å². The van der Waals surface area contributed by atoms with Crippen molar-refractivity contribution in [2.24, 2.45) is 17.6 Å². The third-order valence-corrected chi connectivity index (χ3v) is 5.75. The van der Waals surface area contributed by atoms with Gasteiger partial charge in [0, 0.05) is 17.4 Å². The normalized spacial score (nSPS) is 17.2. The summed E-state index contributed by atoms with van der Waals surface area (Å²) in [5.41, 5.74) is 6.31. The molecule has 0 radical (unpaired) electrons. The molecule has 3 rings (SSSR count). The van der Waals surface area contributed by atoms with Crippen LogP contribution in [0.2, 0.25) is 0 Å². The molecule has 2 aromatic rings. The van der Waals surface area contributed by atoms with E-state index >= 15 is 0 Å². The van der Waals surface area contributed by atoms with Gasteiger partial charge in [-0.3, -0.25) is 4.79 Å². The number of nitrogens with one attached hydrogen (secondary N) is 1. The lowest BCUT2D eigenvalue weighted by atomic mass is 9.96. The molecule has 176 valence electrons. The van der Waals surface area contributed by atoms with E-state index in [1.807, 2.05) is 4.90 Å². The zero-order valence-corrected chi connectivity index (χ0v) is 18.3. The van der Waals surface area contributed by atoms with Gasteiger partial charge in [-0.1, -0.05) is 0 Å². The van der Waals surface area contributed by atoms with Crippen LogP contribution in [0.4, 0.5) is 4.39 Å². The Bertz CT molecular complexity index is 939. The second-order valence-electron chi connectivity index (χ2n) is 7.91. The minimum Gasteiger partial charge on any atom is -0.482 e. The number of rotatable bonds is 9. The maximum absolute atomic E-state index is 13.7. The van der Waals surface area contributed by atoms with Crippen LogP contribution in [0.5, 0.6) is 5.88 Å². The number of aromatic nitrogens is 1. The summed E-state index contributed by atoms with van der Waals surface area (Å²) in [5, 5.41) is 10.1. The van der Waals surface area contributed by atoms with Gasteiger partial charge in [0.05, 0.1) is 20.3 Å². The zero-order valence-electron chi connectivity index (χ0n) is 18.3. The highest BCUT2D eigenvalue weighted by Gasteiger charge is 2.30. The van der Waals surface area contributed by atoms with Gasteiger partial charge in [-0.2, -0.15) is 0 Å². The number of carbonyl (C=O) groups excluding carboxylic acids is 2. The Morgan fingerprint density at radius 1 is 1.31 bits per heavy atom. The molecule has 1 aliphatic heterocycles. The maximum Gasteiger partial charge on any atom is 0.344 e. The first kappa shape index (κ1) is 24.0. The number of benzene rings is 1. The second-order valence-corrected chi connectivity index (χ2v) is 7.91. The van der Waals surface area contributed by atoms with Crippen LogP contribution >= 0.6 is 0 Å². The van der Waals surface area contributed by atoms with Crippen LogP contribution in [0.15, 0.2) is 18.2 Å². The first-order chi connectivity index (χ1) is 15.3. The van der Waals surface area contributed by atoms with Gasteiger partial charge in [-0.15, -0.1) is 0 Å². The van der Waals surface area contributed by atoms with Gasteiger partial charge < -0.3 is 34.9 Å². The number of aromatic amines is 1. The molecule has 0 spiro atoms. The van der Waals surface area contributed by atoms with Gasteiger partial charge in [0.2, 0.25) is 5.88 Å². The van der Waals surface area contributed by atoms with E-state index in [2.05, 4.69) is 4.98 Å². The lowest BCUT2D eigenvalue weighted by Crippen LogP contribution is -2.46. The molecule has 2 unspecified atom stereocenters. The van der Waals surface area contributed by atoms with E-state index < -0.39 is 29.9 Å². The van der Waals surface area contributed by atoms with Crippen molar-refractivity contribution in [1.29, 1.82) is 0 Å². The summed E-state index contributed by atoms with van der Waals surface area (Å²) in [6.45, 7) is 3.80. The number of ether oxygens (including phenoxy) is 3. The van der Waals surface area contributed by atoms with E-state index in [0.29, 0.717) is 30.5 Å². The molecule has 0 amide bonds. The number of methoxy groups -OCH3 is 1. The van der Waals surface area contributed by atoms with Crippen LogP contribution in [-0.4, -0.2) is 73.1 Å². The summed E-state index contributed by atoms with van der Waals surface area (Å²) in [6.07, 6.45) is 0.218. The van der Waals surface area contributed by atoms with Crippen LogP contribution in [-0.2, 0) is 14.3 Å². The summed E-state index contributed by atoms with van der Waals surface area (Å²) in [6, 6.07) is 4.12. The molecule has 1 saturated heterocycles. The summed E-state index contributed by atoms with van der Waals surface area (Å²) < 4.78 is 29.4. The molecule has 2 heterocycles. The van der Waals surface area contributed by atoms with Gasteiger partial charge in [-0.05, 0) is 57.0 Å². The molecule has 0 aliphatic carbocycles. The van der Waals surface area contributed by atoms with Gasteiger partial charge in [0.1, 0.15) is 23.5 Å². The zero-order chi connectivity index (χ0) is 23.3. The quantitative estimate of drug-likeness (QED) is 0.388. The van der Waals surface area contributed by atoms with Crippen molar-refractivity contribution in [2.45, 2.75) is 26.0 Å². The number of esters is 2. The maximum atomic E-state index is 13.7. The summed E-state index contributed by atoms with van der Waals surface area (Å²) in [7, 11) is 1.43. The van der Waals surface area contributed by atoms with Gasteiger partial charge in [-0.25, -0.2) is 9.18 Å². The van der Waals surface area contributed by atoms with E-state index in [0.717, 1.165) is 12.8 Å². The van der Waals surface area contributed by atoms with Crippen molar-refractivity contribution in [2.75, 3.05) is 40.0 Å². The predicted octanol–water partition coefficient (Wildman–Crippen LogP) is 1.64. The molecule has 1 aliphatic rings. The topological polar surface area (TPSA) is 127 Å². The van der Waals surface area contributed by atoms with E-state index in [9.17, 15) is 19.1 Å². The standard InChI is InChI=1S/C22H30FN3O6/c1-3-31-21(28)16(19(24)27)11-26-8-6-13(7-9-26)12-32-22(29)18-15-10-14(23)4-5-17(15)25-20(18)30-2/h4-5,10,13,16,19,25,27H,3,6-9,11-12,24H2,1-2H3. The number of halogens is 1. The number of fused-ring (bicyclic) bond motifs is 1. The fraction of sp³-hybridized carbons (Fsp3) is 0.545. The molecule has 2 atom stereocenters. The summed E-state index contributed by atoms with van der Waals surface area (Å²) in [5.74, 6) is -1.97. The number of hydrogen-bond acceptors (Lipinski definition) is 8. The van der Waals surface area contributed by atoms with Crippen molar-refractivity contribution in [3.05, 3.63) is 29.6 Å². The molecule has 0 bridgehead atoms.